The molecular formula is C18H14ClF2N5O5S2. The van der Waals surface area contributed by atoms with Gasteiger partial charge in [-0.2, -0.15) is 18.7 Å². The summed E-state index contributed by atoms with van der Waals surface area (Å²) in [5, 5.41) is 2.51. The van der Waals surface area contributed by atoms with Gasteiger partial charge in [0.2, 0.25) is 11.7 Å². The van der Waals surface area contributed by atoms with E-state index >= 15 is 0 Å². The van der Waals surface area contributed by atoms with E-state index in [1.165, 1.54) is 17.5 Å². The van der Waals surface area contributed by atoms with Crippen LogP contribution >= 0.6 is 22.9 Å². The van der Waals surface area contributed by atoms with Gasteiger partial charge >= 0.3 is 6.61 Å². The van der Waals surface area contributed by atoms with Crippen LogP contribution in [0.4, 0.5) is 14.7 Å². The number of sulfonamides is 1. The molecule has 0 bridgehead atoms. The number of aromatic nitrogens is 4. The Kier molecular flexibility index (Phi) is 6.23. The van der Waals surface area contributed by atoms with Crippen LogP contribution in [0.1, 0.15) is 0 Å². The molecule has 15 heteroatoms. The molecule has 2 N–H and O–H groups in total. The van der Waals surface area contributed by atoms with Crippen molar-refractivity contribution in [2.75, 3.05) is 18.9 Å². The molecule has 4 rings (SSSR count). The summed E-state index contributed by atoms with van der Waals surface area (Å²) in [6.07, 6.45) is 1.28. The van der Waals surface area contributed by atoms with Gasteiger partial charge in [0.15, 0.2) is 0 Å². The first kappa shape index (κ1) is 22.9. The zero-order valence-electron chi connectivity index (χ0n) is 16.8. The average Bonchev–Trinajstić information content (AvgIpc) is 3.44. The Morgan fingerprint density at radius 1 is 1.18 bits per heavy atom. The number of aromatic amines is 1. The lowest BCUT2D eigenvalue weighted by molar-refractivity contribution is -0.0533. The number of nitrogens with one attached hydrogen (secondary N) is 2. The van der Waals surface area contributed by atoms with Crippen LogP contribution in [-0.2, 0) is 10.0 Å². The molecule has 0 radical (unpaired) electrons. The molecule has 0 saturated heterocycles. The molecule has 0 spiro atoms. The largest absolute Gasteiger partial charge is 0.478 e. The number of ether oxygens (including phenoxy) is 3. The van der Waals surface area contributed by atoms with Crippen LogP contribution in [0.3, 0.4) is 0 Å². The summed E-state index contributed by atoms with van der Waals surface area (Å²) in [5.74, 6) is -1.95. The fourth-order valence-corrected chi connectivity index (χ4v) is 4.97. The molecule has 0 aliphatic carbocycles. The minimum absolute atomic E-state index is 0.125. The number of alkyl halides is 2. The third-order valence-electron chi connectivity index (χ3n) is 4.37. The minimum atomic E-state index is -4.25. The highest BCUT2D eigenvalue weighted by Crippen LogP contribution is 2.39. The maximum Gasteiger partial charge on any atom is 0.387 e. The molecule has 4 aromatic rings. The van der Waals surface area contributed by atoms with Crippen molar-refractivity contribution in [2.45, 2.75) is 11.5 Å². The van der Waals surface area contributed by atoms with Crippen molar-refractivity contribution in [2.24, 2.45) is 0 Å². The molecule has 0 amide bonds. The van der Waals surface area contributed by atoms with Crippen LogP contribution in [0.2, 0.25) is 5.02 Å². The molecule has 0 aliphatic rings. The SMILES string of the molecule is COc1nc(NS(=O)(=O)c2c[nH]c3c(-c4cscn4)c(Cl)ccc23)nc(OC)c1OC(F)F. The van der Waals surface area contributed by atoms with Gasteiger partial charge in [-0.05, 0) is 12.1 Å². The molecular weight excluding hydrogens is 504 g/mol. The molecule has 0 fully saturated rings. The standard InChI is InChI=1S/C18H14ClF2N5O5S2/c1-29-15-14(31-17(20)21)16(30-2)25-18(24-15)26-33(27,28)11-5-22-13-8(11)3-4-9(19)12(13)10-6-32-7-23-10/h3-7,17,22H,1-2H3,(H,24,25,26). The highest BCUT2D eigenvalue weighted by molar-refractivity contribution is 7.93. The normalized spacial score (nSPS) is 11.7. The van der Waals surface area contributed by atoms with Crippen molar-refractivity contribution < 1.29 is 31.4 Å². The number of hydrogen-bond donors (Lipinski definition) is 2. The van der Waals surface area contributed by atoms with Crippen molar-refractivity contribution in [3.05, 3.63) is 34.2 Å². The summed E-state index contributed by atoms with van der Waals surface area (Å²) < 4.78 is 68.0. The molecule has 10 nitrogen and oxygen atoms in total. The summed E-state index contributed by atoms with van der Waals surface area (Å²) in [6.45, 7) is -3.20. The first-order valence-corrected chi connectivity index (χ1v) is 11.7. The molecule has 174 valence electrons. The number of fused-ring (bicyclic) bond motifs is 1. The second kappa shape index (κ2) is 8.96. The lowest BCUT2D eigenvalue weighted by Crippen LogP contribution is -2.16. The second-order valence-corrected chi connectivity index (χ2v) is 9.03. The van der Waals surface area contributed by atoms with Crippen molar-refractivity contribution in [1.82, 2.24) is 19.9 Å². The predicted molar refractivity (Wildman–Crippen MR) is 117 cm³/mol. The molecule has 0 aliphatic heterocycles. The molecule has 3 aromatic heterocycles. The number of halogens is 3. The highest BCUT2D eigenvalue weighted by Gasteiger charge is 2.26. The summed E-state index contributed by atoms with van der Waals surface area (Å²) in [5.41, 5.74) is 3.23. The Hall–Kier alpha value is -3.23. The number of H-pyrrole nitrogens is 1. The van der Waals surface area contributed by atoms with Crippen LogP contribution in [0, 0.1) is 0 Å². The summed E-state index contributed by atoms with van der Waals surface area (Å²) >= 11 is 7.70. The van der Waals surface area contributed by atoms with E-state index in [1.54, 1.807) is 23.0 Å². The fraction of sp³-hybridized carbons (Fsp3) is 0.167. The van der Waals surface area contributed by atoms with E-state index in [0.717, 1.165) is 14.2 Å². The second-order valence-electron chi connectivity index (χ2n) is 6.25. The number of benzene rings is 1. The van der Waals surface area contributed by atoms with Gasteiger partial charge < -0.3 is 19.2 Å². The van der Waals surface area contributed by atoms with E-state index in [1.807, 2.05) is 0 Å². The number of methoxy groups -OCH3 is 2. The van der Waals surface area contributed by atoms with Crippen LogP contribution in [0.25, 0.3) is 22.2 Å². The smallest absolute Gasteiger partial charge is 0.387 e. The Morgan fingerprint density at radius 3 is 2.45 bits per heavy atom. The Bertz CT molecular complexity index is 1390. The lowest BCUT2D eigenvalue weighted by Gasteiger charge is -2.14. The Morgan fingerprint density at radius 2 is 1.88 bits per heavy atom. The van der Waals surface area contributed by atoms with Crippen molar-refractivity contribution in [1.29, 1.82) is 0 Å². The third-order valence-corrected chi connectivity index (χ3v) is 6.64. The number of hydrogen-bond acceptors (Lipinski definition) is 9. The molecule has 0 saturated carbocycles. The van der Waals surface area contributed by atoms with Crippen LogP contribution in [0.5, 0.6) is 17.5 Å². The van der Waals surface area contributed by atoms with Gasteiger partial charge in [0.1, 0.15) is 4.90 Å². The summed E-state index contributed by atoms with van der Waals surface area (Å²) in [6, 6.07) is 3.10. The van der Waals surface area contributed by atoms with Gasteiger partial charge in [0, 0.05) is 22.5 Å². The summed E-state index contributed by atoms with van der Waals surface area (Å²) in [4.78, 5) is 14.6. The molecule has 1 aromatic carbocycles. The quantitative estimate of drug-likeness (QED) is 0.356. The van der Waals surface area contributed by atoms with E-state index in [9.17, 15) is 17.2 Å². The topological polar surface area (TPSA) is 128 Å². The molecule has 3 heterocycles. The van der Waals surface area contributed by atoms with Crippen LogP contribution < -0.4 is 18.9 Å². The third kappa shape index (κ3) is 4.36. The van der Waals surface area contributed by atoms with Crippen LogP contribution in [0.15, 0.2) is 34.1 Å². The fourth-order valence-electron chi connectivity index (χ4n) is 3.05. The first-order valence-electron chi connectivity index (χ1n) is 8.91. The zero-order valence-corrected chi connectivity index (χ0v) is 19.2. The molecule has 0 atom stereocenters. The molecule has 0 unspecified atom stereocenters. The van der Waals surface area contributed by atoms with E-state index in [4.69, 9.17) is 21.1 Å². The van der Waals surface area contributed by atoms with Gasteiger partial charge in [0.05, 0.1) is 36.0 Å². The van der Waals surface area contributed by atoms with Gasteiger partial charge in [-0.3, -0.25) is 0 Å². The van der Waals surface area contributed by atoms with Gasteiger partial charge in [-0.25, -0.2) is 18.1 Å². The monoisotopic (exact) mass is 517 g/mol. The van der Waals surface area contributed by atoms with E-state index < -0.39 is 40.1 Å². The number of thiazole rings is 1. The van der Waals surface area contributed by atoms with Gasteiger partial charge in [0.25, 0.3) is 21.8 Å². The van der Waals surface area contributed by atoms with Crippen molar-refractivity contribution >= 4 is 49.8 Å². The Balaban J connectivity index is 1.77. The average molecular weight is 518 g/mol. The van der Waals surface area contributed by atoms with Crippen molar-refractivity contribution in [3.63, 3.8) is 0 Å². The van der Waals surface area contributed by atoms with Gasteiger partial charge in [-0.15, -0.1) is 11.3 Å². The maximum atomic E-state index is 13.1. The van der Waals surface area contributed by atoms with E-state index in [0.29, 0.717) is 27.2 Å². The van der Waals surface area contributed by atoms with Gasteiger partial charge in [-0.1, -0.05) is 11.6 Å². The van der Waals surface area contributed by atoms with Crippen molar-refractivity contribution in [3.8, 4) is 28.8 Å². The number of nitrogens with zero attached hydrogens (tertiary/aromatic N) is 3. The highest BCUT2D eigenvalue weighted by atomic mass is 35.5. The minimum Gasteiger partial charge on any atom is -0.478 e. The number of anilines is 1. The number of rotatable bonds is 8. The zero-order chi connectivity index (χ0) is 23.8. The lowest BCUT2D eigenvalue weighted by atomic mass is 10.1. The Labute approximate surface area is 194 Å². The first-order chi connectivity index (χ1) is 15.7. The molecule has 33 heavy (non-hydrogen) atoms. The predicted octanol–water partition coefficient (Wildman–Crippen LogP) is 4.15. The van der Waals surface area contributed by atoms with Crippen LogP contribution in [-0.4, -0.2) is 49.2 Å². The van der Waals surface area contributed by atoms with E-state index in [-0.39, 0.29) is 4.90 Å². The summed E-state index contributed by atoms with van der Waals surface area (Å²) in [7, 11) is -1.97. The maximum absolute atomic E-state index is 13.1. The van der Waals surface area contributed by atoms with E-state index in [2.05, 4.69) is 29.4 Å².